The molecule has 0 heterocycles. The van der Waals surface area contributed by atoms with Crippen molar-refractivity contribution in [1.29, 1.82) is 0 Å². The van der Waals surface area contributed by atoms with Gasteiger partial charge in [-0.05, 0) is 25.8 Å². The molecule has 1 aliphatic carbocycles. The Morgan fingerprint density at radius 3 is 2.53 bits per heavy atom. The maximum Gasteiger partial charge on any atom is 0.0642 e. The summed E-state index contributed by atoms with van der Waals surface area (Å²) < 4.78 is 10.8. The Bertz CT molecular complexity index is 142. The molecule has 1 fully saturated rings. The van der Waals surface area contributed by atoms with Crippen molar-refractivity contribution in [2.45, 2.75) is 38.1 Å². The molecule has 1 unspecified atom stereocenters. The smallest absolute Gasteiger partial charge is 0.0642 e. The minimum absolute atomic E-state index is 0.332. The molecule has 1 N–H and O–H groups in total. The van der Waals surface area contributed by atoms with Gasteiger partial charge in [0.2, 0.25) is 0 Å². The number of hydrogen-bond donors (Lipinski definition) is 1. The summed E-state index contributed by atoms with van der Waals surface area (Å²) in [6.07, 6.45) is 6.91. The highest BCUT2D eigenvalue weighted by atomic mass is 16.5. The first-order valence-corrected chi connectivity index (χ1v) is 6.10. The van der Waals surface area contributed by atoms with E-state index in [0.717, 1.165) is 25.7 Å². The summed E-state index contributed by atoms with van der Waals surface area (Å²) in [6.45, 7) is 2.42. The van der Waals surface area contributed by atoms with Gasteiger partial charge < -0.3 is 14.8 Å². The highest BCUT2D eigenvalue weighted by Crippen LogP contribution is 2.23. The zero-order valence-electron chi connectivity index (χ0n) is 10.1. The first-order valence-electron chi connectivity index (χ1n) is 6.10. The van der Waals surface area contributed by atoms with Gasteiger partial charge in [0.1, 0.15) is 0 Å². The molecule has 90 valence electrons. The van der Waals surface area contributed by atoms with E-state index in [1.54, 1.807) is 7.11 Å². The summed E-state index contributed by atoms with van der Waals surface area (Å²) in [7, 11) is 3.68. The van der Waals surface area contributed by atoms with Crippen molar-refractivity contribution in [2.75, 3.05) is 34.0 Å². The Morgan fingerprint density at radius 2 is 1.93 bits per heavy atom. The molecule has 0 aromatic heterocycles. The van der Waals surface area contributed by atoms with Crippen LogP contribution in [0.15, 0.2) is 0 Å². The van der Waals surface area contributed by atoms with Crippen LogP contribution in [0.2, 0.25) is 0 Å². The van der Waals surface area contributed by atoms with E-state index in [2.05, 4.69) is 5.32 Å². The van der Waals surface area contributed by atoms with Crippen molar-refractivity contribution in [2.24, 2.45) is 5.92 Å². The van der Waals surface area contributed by atoms with E-state index in [-0.39, 0.29) is 0 Å². The van der Waals surface area contributed by atoms with Crippen molar-refractivity contribution in [1.82, 2.24) is 5.32 Å². The fourth-order valence-corrected chi connectivity index (χ4v) is 2.15. The maximum atomic E-state index is 5.74. The number of ether oxygens (including phenoxy) is 2. The lowest BCUT2D eigenvalue weighted by molar-refractivity contribution is 0.0495. The van der Waals surface area contributed by atoms with Crippen LogP contribution < -0.4 is 5.32 Å². The first kappa shape index (κ1) is 12.9. The average molecular weight is 215 g/mol. The second-order valence-corrected chi connectivity index (χ2v) is 4.48. The number of hydrogen-bond acceptors (Lipinski definition) is 3. The minimum Gasteiger partial charge on any atom is -0.383 e. The normalized spacial score (nSPS) is 20.4. The Morgan fingerprint density at radius 1 is 1.20 bits per heavy atom. The van der Waals surface area contributed by atoms with Crippen LogP contribution in [0.5, 0.6) is 0 Å². The van der Waals surface area contributed by atoms with Gasteiger partial charge >= 0.3 is 0 Å². The van der Waals surface area contributed by atoms with E-state index < -0.39 is 0 Å². The molecule has 0 spiro atoms. The van der Waals surface area contributed by atoms with E-state index in [9.17, 15) is 0 Å². The monoisotopic (exact) mass is 215 g/mol. The number of methoxy groups -OCH3 is 1. The van der Waals surface area contributed by atoms with Crippen LogP contribution >= 0.6 is 0 Å². The molecule has 0 saturated heterocycles. The summed E-state index contributed by atoms with van der Waals surface area (Å²) in [4.78, 5) is 0. The quantitative estimate of drug-likeness (QED) is 0.702. The summed E-state index contributed by atoms with van der Waals surface area (Å²) >= 11 is 0. The Labute approximate surface area is 93.5 Å². The van der Waals surface area contributed by atoms with E-state index in [1.807, 2.05) is 7.05 Å². The number of nitrogens with one attached hydrogen (secondary N) is 1. The predicted molar refractivity (Wildman–Crippen MR) is 62.1 cm³/mol. The van der Waals surface area contributed by atoms with Gasteiger partial charge in [-0.15, -0.1) is 0 Å². The molecule has 1 saturated carbocycles. The third-order valence-electron chi connectivity index (χ3n) is 3.17. The summed E-state index contributed by atoms with van der Waals surface area (Å²) in [5.41, 5.74) is 0. The van der Waals surface area contributed by atoms with Crippen molar-refractivity contribution in [3.63, 3.8) is 0 Å². The van der Waals surface area contributed by atoms with Crippen LogP contribution in [-0.4, -0.2) is 40.0 Å². The Kier molecular flexibility index (Phi) is 6.98. The second-order valence-electron chi connectivity index (χ2n) is 4.48. The molecule has 0 aromatic carbocycles. The molecule has 1 rings (SSSR count). The third-order valence-corrected chi connectivity index (χ3v) is 3.17. The third kappa shape index (κ3) is 5.50. The summed E-state index contributed by atoms with van der Waals surface area (Å²) in [6, 6.07) is 0.332. The Hall–Kier alpha value is -0.120. The van der Waals surface area contributed by atoms with E-state index in [0.29, 0.717) is 6.04 Å². The van der Waals surface area contributed by atoms with E-state index in [4.69, 9.17) is 9.47 Å². The lowest BCUT2D eigenvalue weighted by Crippen LogP contribution is -2.35. The van der Waals surface area contributed by atoms with Gasteiger partial charge in [0.05, 0.1) is 19.3 Å². The largest absolute Gasteiger partial charge is 0.383 e. The van der Waals surface area contributed by atoms with Gasteiger partial charge in [-0.3, -0.25) is 0 Å². The lowest BCUT2D eigenvalue weighted by atomic mass is 9.90. The van der Waals surface area contributed by atoms with Gasteiger partial charge in [-0.25, -0.2) is 0 Å². The molecule has 0 aromatic rings. The summed E-state index contributed by atoms with van der Waals surface area (Å²) in [5, 5.41) is 3.19. The molecular formula is C12H25NO2. The van der Waals surface area contributed by atoms with Crippen LogP contribution in [0, 0.1) is 5.92 Å². The van der Waals surface area contributed by atoms with Gasteiger partial charge in [0.25, 0.3) is 0 Å². The van der Waals surface area contributed by atoms with Crippen LogP contribution in [0.1, 0.15) is 32.1 Å². The molecule has 1 aliphatic rings. The van der Waals surface area contributed by atoms with Gasteiger partial charge in [0.15, 0.2) is 0 Å². The predicted octanol–water partition coefficient (Wildman–Crippen LogP) is 1.82. The lowest BCUT2D eigenvalue weighted by Gasteiger charge is -2.22. The van der Waals surface area contributed by atoms with E-state index >= 15 is 0 Å². The maximum absolute atomic E-state index is 5.74. The highest BCUT2D eigenvalue weighted by Gasteiger charge is 2.14. The molecule has 0 bridgehead atoms. The molecule has 3 heteroatoms. The molecule has 15 heavy (non-hydrogen) atoms. The van der Waals surface area contributed by atoms with Gasteiger partial charge in [-0.1, -0.05) is 19.3 Å². The standard InChI is InChI=1S/C12H25NO2/c1-13-12(9-14-2)10-15-8-11-6-4-3-5-7-11/h11-13H,3-10H2,1-2H3. The van der Waals surface area contributed by atoms with Gasteiger partial charge in [-0.2, -0.15) is 0 Å². The van der Waals surface area contributed by atoms with Crippen molar-refractivity contribution in [3.05, 3.63) is 0 Å². The molecule has 0 aliphatic heterocycles. The zero-order chi connectivity index (χ0) is 10.9. The van der Waals surface area contributed by atoms with Crippen LogP contribution in [0.25, 0.3) is 0 Å². The zero-order valence-corrected chi connectivity index (χ0v) is 10.1. The van der Waals surface area contributed by atoms with Crippen LogP contribution in [0.3, 0.4) is 0 Å². The Balaban J connectivity index is 2.03. The minimum atomic E-state index is 0.332. The van der Waals surface area contributed by atoms with Crippen molar-refractivity contribution in [3.8, 4) is 0 Å². The molecule has 0 amide bonds. The van der Waals surface area contributed by atoms with E-state index in [1.165, 1.54) is 32.1 Å². The van der Waals surface area contributed by atoms with Crippen LogP contribution in [-0.2, 0) is 9.47 Å². The average Bonchev–Trinajstić information content (AvgIpc) is 2.29. The molecule has 3 nitrogen and oxygen atoms in total. The number of likely N-dealkylation sites (N-methyl/N-ethyl adjacent to an activating group) is 1. The fourth-order valence-electron chi connectivity index (χ4n) is 2.15. The fraction of sp³-hybridized carbons (Fsp3) is 1.00. The van der Waals surface area contributed by atoms with Crippen LogP contribution in [0.4, 0.5) is 0 Å². The second kappa shape index (κ2) is 8.08. The topological polar surface area (TPSA) is 30.5 Å². The SMILES string of the molecule is CNC(COC)COCC1CCCCC1. The van der Waals surface area contributed by atoms with Crippen molar-refractivity contribution >= 4 is 0 Å². The highest BCUT2D eigenvalue weighted by molar-refractivity contribution is 4.66. The molecular weight excluding hydrogens is 190 g/mol. The van der Waals surface area contributed by atoms with Gasteiger partial charge in [0, 0.05) is 13.7 Å². The number of rotatable bonds is 7. The molecule has 0 radical (unpaired) electrons. The first-order chi connectivity index (χ1) is 7.36. The summed E-state index contributed by atoms with van der Waals surface area (Å²) in [5.74, 6) is 0.804. The molecule has 1 atom stereocenters. The van der Waals surface area contributed by atoms with Crippen molar-refractivity contribution < 1.29 is 9.47 Å².